The fraction of sp³-hybridized carbons (Fsp3) is 0.448. The van der Waals surface area contributed by atoms with Crippen molar-refractivity contribution in [3.63, 3.8) is 0 Å². The Hall–Kier alpha value is -3.08. The summed E-state index contributed by atoms with van der Waals surface area (Å²) in [4.78, 5) is 31.3. The normalized spacial score (nSPS) is 22.4. The van der Waals surface area contributed by atoms with Crippen LogP contribution in [0.15, 0.2) is 42.5 Å². The van der Waals surface area contributed by atoms with Crippen LogP contribution in [0.2, 0.25) is 0 Å². The fourth-order valence-electron chi connectivity index (χ4n) is 6.26. The Balaban J connectivity index is 1.05. The highest BCUT2D eigenvalue weighted by Gasteiger charge is 2.31. The van der Waals surface area contributed by atoms with E-state index in [1.807, 2.05) is 29.2 Å². The van der Waals surface area contributed by atoms with Gasteiger partial charge in [0.1, 0.15) is 0 Å². The molecule has 3 aromatic rings. The number of amides is 2. The van der Waals surface area contributed by atoms with Gasteiger partial charge in [-0.1, -0.05) is 24.6 Å². The predicted octanol–water partition coefficient (Wildman–Crippen LogP) is 5.38. The molecule has 0 bridgehead atoms. The molecule has 2 aliphatic carbocycles. The molecule has 5 nitrogen and oxygen atoms in total. The van der Waals surface area contributed by atoms with Gasteiger partial charge < -0.3 is 15.2 Å². The van der Waals surface area contributed by atoms with Gasteiger partial charge in [0, 0.05) is 46.9 Å². The number of benzene rings is 2. The van der Waals surface area contributed by atoms with Crippen molar-refractivity contribution in [2.75, 3.05) is 6.54 Å². The van der Waals surface area contributed by atoms with E-state index in [1.165, 1.54) is 35.9 Å². The largest absolute Gasteiger partial charge is 0.358 e. The van der Waals surface area contributed by atoms with E-state index in [1.54, 1.807) is 0 Å². The van der Waals surface area contributed by atoms with Crippen LogP contribution in [0.4, 0.5) is 0 Å². The zero-order valence-electron chi connectivity index (χ0n) is 19.7. The van der Waals surface area contributed by atoms with Gasteiger partial charge in [-0.3, -0.25) is 9.59 Å². The van der Waals surface area contributed by atoms with E-state index in [2.05, 4.69) is 28.5 Å². The van der Waals surface area contributed by atoms with Crippen molar-refractivity contribution in [1.29, 1.82) is 0 Å². The Labute approximate surface area is 200 Å². The first-order valence-corrected chi connectivity index (χ1v) is 13.0. The van der Waals surface area contributed by atoms with Crippen molar-refractivity contribution in [3.8, 4) is 0 Å². The van der Waals surface area contributed by atoms with Gasteiger partial charge in [-0.15, -0.1) is 0 Å². The molecule has 2 N–H and O–H groups in total. The second kappa shape index (κ2) is 8.94. The van der Waals surface area contributed by atoms with E-state index in [0.29, 0.717) is 5.92 Å². The molecule has 1 aliphatic heterocycles. The standard InChI is InChI=1S/C29H33N3O2/c33-28(20-12-15-27-25(16-20)24-8-2-1-3-9-26(24)31-27)30-22-13-10-19(11-14-22)17-32-18-21-6-4-5-7-23(21)29(32)34/h4-7,12,15-16,19,22,31H,1-3,8-11,13-14,17-18H2,(H,30,33). The quantitative estimate of drug-likeness (QED) is 0.519. The van der Waals surface area contributed by atoms with Gasteiger partial charge in [-0.2, -0.15) is 0 Å². The molecule has 1 aromatic heterocycles. The first kappa shape index (κ1) is 21.5. The molecular weight excluding hydrogens is 422 g/mol. The number of H-pyrrole nitrogens is 1. The van der Waals surface area contributed by atoms with E-state index >= 15 is 0 Å². The average molecular weight is 456 g/mol. The molecule has 2 aromatic carbocycles. The summed E-state index contributed by atoms with van der Waals surface area (Å²) in [7, 11) is 0. The molecule has 5 heteroatoms. The molecule has 0 spiro atoms. The summed E-state index contributed by atoms with van der Waals surface area (Å²) in [6, 6.07) is 14.3. The monoisotopic (exact) mass is 455 g/mol. The Morgan fingerprint density at radius 2 is 1.82 bits per heavy atom. The van der Waals surface area contributed by atoms with Gasteiger partial charge in [-0.25, -0.2) is 0 Å². The zero-order chi connectivity index (χ0) is 23.1. The van der Waals surface area contributed by atoms with E-state index in [0.717, 1.165) is 73.8 Å². The maximum atomic E-state index is 13.1. The Kier molecular flexibility index (Phi) is 5.64. The Morgan fingerprint density at radius 1 is 1.00 bits per heavy atom. The third kappa shape index (κ3) is 4.02. The van der Waals surface area contributed by atoms with E-state index in [-0.39, 0.29) is 17.9 Å². The number of hydrogen-bond acceptors (Lipinski definition) is 2. The molecule has 34 heavy (non-hydrogen) atoms. The lowest BCUT2D eigenvalue weighted by Crippen LogP contribution is -2.39. The molecule has 6 rings (SSSR count). The summed E-state index contributed by atoms with van der Waals surface area (Å²) < 4.78 is 0. The number of aryl methyl sites for hydroxylation is 2. The topological polar surface area (TPSA) is 65.2 Å². The second-order valence-corrected chi connectivity index (χ2v) is 10.4. The molecule has 0 saturated heterocycles. The molecule has 2 heterocycles. The third-order valence-corrected chi connectivity index (χ3v) is 8.17. The SMILES string of the molecule is O=C(NC1CCC(CN2Cc3ccccc3C2=O)CC1)c1ccc2[nH]c3c(c2c1)CCCCC3. The van der Waals surface area contributed by atoms with E-state index < -0.39 is 0 Å². The van der Waals surface area contributed by atoms with Crippen molar-refractivity contribution in [3.05, 3.63) is 70.4 Å². The maximum Gasteiger partial charge on any atom is 0.254 e. The second-order valence-electron chi connectivity index (χ2n) is 10.4. The summed E-state index contributed by atoms with van der Waals surface area (Å²) in [5, 5.41) is 4.52. The number of fused-ring (bicyclic) bond motifs is 4. The van der Waals surface area contributed by atoms with Crippen molar-refractivity contribution in [2.45, 2.75) is 70.4 Å². The molecule has 176 valence electrons. The molecule has 1 saturated carbocycles. The summed E-state index contributed by atoms with van der Waals surface area (Å²) in [5.74, 6) is 0.723. The predicted molar refractivity (Wildman–Crippen MR) is 134 cm³/mol. The van der Waals surface area contributed by atoms with Gasteiger partial charge in [0.2, 0.25) is 0 Å². The molecule has 0 unspecified atom stereocenters. The molecular formula is C29H33N3O2. The van der Waals surface area contributed by atoms with Gasteiger partial charge in [0.05, 0.1) is 0 Å². The van der Waals surface area contributed by atoms with Crippen LogP contribution in [-0.4, -0.2) is 34.3 Å². The highest BCUT2D eigenvalue weighted by Crippen LogP contribution is 2.31. The number of carbonyl (C=O) groups excluding carboxylic acids is 2. The van der Waals surface area contributed by atoms with Crippen LogP contribution in [0.25, 0.3) is 10.9 Å². The maximum absolute atomic E-state index is 13.1. The molecule has 2 amide bonds. The lowest BCUT2D eigenvalue weighted by molar-refractivity contribution is 0.0732. The number of aromatic amines is 1. The van der Waals surface area contributed by atoms with Crippen molar-refractivity contribution in [2.24, 2.45) is 5.92 Å². The van der Waals surface area contributed by atoms with Crippen LogP contribution in [0, 0.1) is 5.92 Å². The molecule has 3 aliphatic rings. The third-order valence-electron chi connectivity index (χ3n) is 8.17. The number of nitrogens with zero attached hydrogens (tertiary/aromatic N) is 1. The molecule has 1 fully saturated rings. The summed E-state index contributed by atoms with van der Waals surface area (Å²) in [6.45, 7) is 1.56. The number of rotatable bonds is 4. The minimum atomic E-state index is 0.0408. The summed E-state index contributed by atoms with van der Waals surface area (Å²) in [6.07, 6.45) is 10.0. The highest BCUT2D eigenvalue weighted by atomic mass is 16.2. The van der Waals surface area contributed by atoms with Crippen molar-refractivity contribution in [1.82, 2.24) is 15.2 Å². The van der Waals surface area contributed by atoms with Gasteiger partial charge in [-0.05, 0) is 92.7 Å². The first-order valence-electron chi connectivity index (χ1n) is 13.0. The van der Waals surface area contributed by atoms with Crippen LogP contribution in [0.3, 0.4) is 0 Å². The van der Waals surface area contributed by atoms with Crippen LogP contribution in [0.1, 0.15) is 82.5 Å². The van der Waals surface area contributed by atoms with Gasteiger partial charge in [0.15, 0.2) is 0 Å². The van der Waals surface area contributed by atoms with E-state index in [4.69, 9.17) is 0 Å². The van der Waals surface area contributed by atoms with Gasteiger partial charge in [0.25, 0.3) is 11.8 Å². The van der Waals surface area contributed by atoms with Crippen LogP contribution in [0.5, 0.6) is 0 Å². The first-order chi connectivity index (χ1) is 16.7. The van der Waals surface area contributed by atoms with Gasteiger partial charge >= 0.3 is 0 Å². The number of hydrogen-bond donors (Lipinski definition) is 2. The lowest BCUT2D eigenvalue weighted by atomic mass is 9.85. The average Bonchev–Trinajstić information content (AvgIpc) is 3.26. The van der Waals surface area contributed by atoms with Crippen LogP contribution < -0.4 is 5.32 Å². The minimum absolute atomic E-state index is 0.0408. The van der Waals surface area contributed by atoms with Crippen LogP contribution in [-0.2, 0) is 19.4 Å². The van der Waals surface area contributed by atoms with Crippen molar-refractivity contribution < 1.29 is 9.59 Å². The zero-order valence-corrected chi connectivity index (χ0v) is 19.7. The van der Waals surface area contributed by atoms with Crippen molar-refractivity contribution >= 4 is 22.7 Å². The molecule has 0 radical (unpaired) electrons. The fourth-order valence-corrected chi connectivity index (χ4v) is 6.26. The minimum Gasteiger partial charge on any atom is -0.358 e. The highest BCUT2D eigenvalue weighted by molar-refractivity contribution is 5.99. The number of carbonyl (C=O) groups is 2. The van der Waals surface area contributed by atoms with E-state index in [9.17, 15) is 9.59 Å². The number of aromatic nitrogens is 1. The summed E-state index contributed by atoms with van der Waals surface area (Å²) in [5.41, 5.74) is 6.71. The Morgan fingerprint density at radius 3 is 2.68 bits per heavy atom. The Bertz CT molecular complexity index is 1240. The lowest BCUT2D eigenvalue weighted by Gasteiger charge is -2.31. The smallest absolute Gasteiger partial charge is 0.254 e. The summed E-state index contributed by atoms with van der Waals surface area (Å²) >= 11 is 0. The number of nitrogens with one attached hydrogen (secondary N) is 2. The molecule has 0 atom stereocenters. The van der Waals surface area contributed by atoms with Crippen LogP contribution >= 0.6 is 0 Å².